The Hall–Kier alpha value is -2.18. The van der Waals surface area contributed by atoms with Crippen LogP contribution < -0.4 is 5.32 Å². The van der Waals surface area contributed by atoms with Gasteiger partial charge in [-0.2, -0.15) is 0 Å². The van der Waals surface area contributed by atoms with Crippen LogP contribution in [0.15, 0.2) is 53.4 Å². The smallest absolute Gasteiger partial charge is 0.251 e. The quantitative estimate of drug-likeness (QED) is 0.858. The van der Waals surface area contributed by atoms with Crippen LogP contribution in [0.2, 0.25) is 0 Å². The maximum Gasteiger partial charge on any atom is 0.251 e. The standard InChI is InChI=1S/C21H26N2O3S/c1-21(11-12-23(2)15-21)14-22-20(24)18-6-4-5-17(13-18)16-7-9-19(10-8-16)27(3,25)26/h4-10,13H,11-12,14-15H2,1-3H3,(H,22,24). The van der Waals surface area contributed by atoms with Gasteiger partial charge in [-0.25, -0.2) is 8.42 Å². The molecule has 1 unspecified atom stereocenters. The number of hydrogen-bond acceptors (Lipinski definition) is 4. The van der Waals surface area contributed by atoms with E-state index >= 15 is 0 Å². The van der Waals surface area contributed by atoms with Gasteiger partial charge in [-0.1, -0.05) is 31.2 Å². The molecule has 1 amide bonds. The van der Waals surface area contributed by atoms with E-state index in [0.717, 1.165) is 30.6 Å². The molecule has 0 radical (unpaired) electrons. The minimum Gasteiger partial charge on any atom is -0.351 e. The fourth-order valence-electron chi connectivity index (χ4n) is 3.55. The molecule has 0 aromatic heterocycles. The normalized spacial score (nSPS) is 20.6. The highest BCUT2D eigenvalue weighted by molar-refractivity contribution is 7.90. The van der Waals surface area contributed by atoms with Gasteiger partial charge < -0.3 is 10.2 Å². The van der Waals surface area contributed by atoms with Crippen molar-refractivity contribution in [1.29, 1.82) is 0 Å². The number of sulfone groups is 1. The molecule has 0 bridgehead atoms. The Bertz CT molecular complexity index is 938. The Balaban J connectivity index is 1.72. The van der Waals surface area contributed by atoms with Gasteiger partial charge in [-0.05, 0) is 60.8 Å². The molecular weight excluding hydrogens is 360 g/mol. The summed E-state index contributed by atoms with van der Waals surface area (Å²) in [6.45, 7) is 4.91. The van der Waals surface area contributed by atoms with Crippen LogP contribution in [0, 0.1) is 5.41 Å². The first kappa shape index (κ1) is 19.6. The van der Waals surface area contributed by atoms with Crippen LogP contribution in [0.4, 0.5) is 0 Å². The Labute approximate surface area is 161 Å². The molecule has 3 rings (SSSR count). The third kappa shape index (κ3) is 4.76. The predicted molar refractivity (Wildman–Crippen MR) is 108 cm³/mol. The fourth-order valence-corrected chi connectivity index (χ4v) is 4.18. The largest absolute Gasteiger partial charge is 0.351 e. The Kier molecular flexibility index (Phi) is 5.40. The summed E-state index contributed by atoms with van der Waals surface area (Å²) in [6.07, 6.45) is 2.27. The second-order valence-electron chi connectivity index (χ2n) is 7.86. The molecule has 1 heterocycles. The van der Waals surface area contributed by atoms with Crippen LogP contribution in [0.1, 0.15) is 23.7 Å². The molecule has 144 valence electrons. The molecule has 1 atom stereocenters. The number of amides is 1. The fraction of sp³-hybridized carbons (Fsp3) is 0.381. The molecule has 1 aliphatic heterocycles. The van der Waals surface area contributed by atoms with Gasteiger partial charge in [0.25, 0.3) is 5.91 Å². The number of carbonyl (C=O) groups is 1. The summed E-state index contributed by atoms with van der Waals surface area (Å²) in [5.41, 5.74) is 2.48. The Morgan fingerprint density at radius 2 is 1.85 bits per heavy atom. The highest BCUT2D eigenvalue weighted by Crippen LogP contribution is 2.28. The van der Waals surface area contributed by atoms with Gasteiger partial charge in [0.05, 0.1) is 4.90 Å². The molecule has 1 fully saturated rings. The topological polar surface area (TPSA) is 66.5 Å². The highest BCUT2D eigenvalue weighted by atomic mass is 32.2. The first-order valence-corrected chi connectivity index (χ1v) is 10.9. The van der Waals surface area contributed by atoms with Gasteiger partial charge in [0.1, 0.15) is 0 Å². The molecule has 1 N–H and O–H groups in total. The van der Waals surface area contributed by atoms with Gasteiger partial charge in [0, 0.05) is 24.9 Å². The average Bonchev–Trinajstić information content (AvgIpc) is 2.98. The lowest BCUT2D eigenvalue weighted by Crippen LogP contribution is -2.37. The van der Waals surface area contributed by atoms with Crippen LogP contribution in [0.3, 0.4) is 0 Å². The minimum absolute atomic E-state index is 0.0830. The van der Waals surface area contributed by atoms with Crippen molar-refractivity contribution in [2.24, 2.45) is 5.41 Å². The number of carbonyl (C=O) groups excluding carboxylic acids is 1. The monoisotopic (exact) mass is 386 g/mol. The number of rotatable bonds is 5. The predicted octanol–water partition coefficient (Wildman–Crippen LogP) is 2.83. The van der Waals surface area contributed by atoms with Crippen LogP contribution in [-0.2, 0) is 9.84 Å². The van der Waals surface area contributed by atoms with Crippen molar-refractivity contribution in [2.45, 2.75) is 18.2 Å². The zero-order valence-corrected chi connectivity index (χ0v) is 16.8. The van der Waals surface area contributed by atoms with Crippen LogP contribution >= 0.6 is 0 Å². The minimum atomic E-state index is -3.22. The van der Waals surface area contributed by atoms with E-state index < -0.39 is 9.84 Å². The molecular formula is C21H26N2O3S. The van der Waals surface area contributed by atoms with Crippen molar-refractivity contribution < 1.29 is 13.2 Å². The number of hydrogen-bond donors (Lipinski definition) is 1. The highest BCUT2D eigenvalue weighted by Gasteiger charge is 2.32. The van der Waals surface area contributed by atoms with Crippen LogP contribution in [0.5, 0.6) is 0 Å². The maximum absolute atomic E-state index is 12.6. The van der Waals surface area contributed by atoms with E-state index in [9.17, 15) is 13.2 Å². The van der Waals surface area contributed by atoms with Gasteiger partial charge in [0.2, 0.25) is 0 Å². The zero-order chi connectivity index (χ0) is 19.7. The lowest BCUT2D eigenvalue weighted by Gasteiger charge is -2.24. The van der Waals surface area contributed by atoms with Crippen molar-refractivity contribution in [2.75, 3.05) is 32.9 Å². The van der Waals surface area contributed by atoms with Gasteiger partial charge in [-0.15, -0.1) is 0 Å². The summed E-state index contributed by atoms with van der Waals surface area (Å²) >= 11 is 0. The van der Waals surface area contributed by atoms with Crippen molar-refractivity contribution in [3.8, 4) is 11.1 Å². The second-order valence-corrected chi connectivity index (χ2v) is 9.87. The lowest BCUT2D eigenvalue weighted by molar-refractivity contribution is 0.0935. The Morgan fingerprint density at radius 3 is 2.44 bits per heavy atom. The van der Waals surface area contributed by atoms with E-state index in [4.69, 9.17) is 0 Å². The number of likely N-dealkylation sites (tertiary alicyclic amines) is 1. The SMILES string of the molecule is CN1CCC(C)(CNC(=O)c2cccc(-c3ccc(S(C)(=O)=O)cc3)c2)C1. The molecule has 0 aliphatic carbocycles. The van der Waals surface area contributed by atoms with Crippen LogP contribution in [0.25, 0.3) is 11.1 Å². The van der Waals surface area contributed by atoms with Crippen molar-refractivity contribution in [3.05, 3.63) is 54.1 Å². The van der Waals surface area contributed by atoms with Gasteiger partial charge in [-0.3, -0.25) is 4.79 Å². The van der Waals surface area contributed by atoms with E-state index in [1.165, 1.54) is 6.26 Å². The molecule has 1 aliphatic rings. The lowest BCUT2D eigenvalue weighted by atomic mass is 9.89. The molecule has 0 saturated carbocycles. The van der Waals surface area contributed by atoms with E-state index in [1.807, 2.05) is 18.2 Å². The first-order chi connectivity index (χ1) is 12.7. The molecule has 6 heteroatoms. The van der Waals surface area contributed by atoms with E-state index in [2.05, 4.69) is 24.2 Å². The molecule has 5 nitrogen and oxygen atoms in total. The summed E-state index contributed by atoms with van der Waals surface area (Å²) in [5, 5.41) is 3.06. The average molecular weight is 387 g/mol. The van der Waals surface area contributed by atoms with Crippen molar-refractivity contribution >= 4 is 15.7 Å². The molecule has 2 aromatic rings. The van der Waals surface area contributed by atoms with Gasteiger partial charge >= 0.3 is 0 Å². The first-order valence-electron chi connectivity index (χ1n) is 9.04. The van der Waals surface area contributed by atoms with Crippen LogP contribution in [-0.4, -0.2) is 52.2 Å². The van der Waals surface area contributed by atoms with E-state index in [0.29, 0.717) is 12.1 Å². The third-order valence-electron chi connectivity index (χ3n) is 5.16. The number of benzene rings is 2. The number of nitrogens with zero attached hydrogens (tertiary/aromatic N) is 1. The number of nitrogens with one attached hydrogen (secondary N) is 1. The zero-order valence-electron chi connectivity index (χ0n) is 16.0. The van der Waals surface area contributed by atoms with Crippen molar-refractivity contribution in [1.82, 2.24) is 10.2 Å². The summed E-state index contributed by atoms with van der Waals surface area (Å²) in [4.78, 5) is 15.2. The second kappa shape index (κ2) is 7.44. The molecule has 0 spiro atoms. The van der Waals surface area contributed by atoms with Crippen molar-refractivity contribution in [3.63, 3.8) is 0 Å². The summed E-state index contributed by atoms with van der Waals surface area (Å²) in [7, 11) is -1.11. The summed E-state index contributed by atoms with van der Waals surface area (Å²) < 4.78 is 23.2. The maximum atomic E-state index is 12.6. The van der Waals surface area contributed by atoms with E-state index in [-0.39, 0.29) is 16.2 Å². The third-order valence-corrected chi connectivity index (χ3v) is 6.29. The molecule has 2 aromatic carbocycles. The summed E-state index contributed by atoms with van der Waals surface area (Å²) in [5.74, 6) is -0.0830. The van der Waals surface area contributed by atoms with E-state index in [1.54, 1.807) is 30.3 Å². The molecule has 27 heavy (non-hydrogen) atoms. The summed E-state index contributed by atoms with van der Waals surface area (Å²) in [6, 6.07) is 14.1. The molecule has 1 saturated heterocycles. The Morgan fingerprint density at radius 1 is 1.15 bits per heavy atom. The van der Waals surface area contributed by atoms with Gasteiger partial charge in [0.15, 0.2) is 9.84 Å².